The molecule has 0 radical (unpaired) electrons. The van der Waals surface area contributed by atoms with Crippen molar-refractivity contribution in [3.63, 3.8) is 0 Å². The minimum atomic E-state index is 0.234. The van der Waals surface area contributed by atoms with Crippen LogP contribution in [0, 0.1) is 13.8 Å². The molecule has 0 fully saturated rings. The molecule has 0 amide bonds. The van der Waals surface area contributed by atoms with Crippen LogP contribution >= 0.6 is 0 Å². The van der Waals surface area contributed by atoms with Crippen molar-refractivity contribution in [3.8, 4) is 0 Å². The Morgan fingerprint density at radius 1 is 1.11 bits per heavy atom. The van der Waals surface area contributed by atoms with Crippen molar-refractivity contribution in [2.75, 3.05) is 19.7 Å². The maximum atomic E-state index is 8.72. The Balaban J connectivity index is 2.49. The van der Waals surface area contributed by atoms with Crippen LogP contribution in [-0.4, -0.2) is 24.8 Å². The minimum absolute atomic E-state index is 0.234. The molecule has 1 atom stereocenters. The Bertz CT molecular complexity index is 332. The van der Waals surface area contributed by atoms with Gasteiger partial charge in [-0.3, -0.25) is 0 Å². The van der Waals surface area contributed by atoms with E-state index < -0.39 is 0 Å². The van der Waals surface area contributed by atoms with Crippen molar-refractivity contribution in [1.29, 1.82) is 0 Å². The number of aryl methyl sites for hydroxylation is 2. The Labute approximate surface area is 110 Å². The molecule has 18 heavy (non-hydrogen) atoms. The van der Waals surface area contributed by atoms with Crippen molar-refractivity contribution < 1.29 is 5.11 Å². The molecule has 0 saturated carbocycles. The van der Waals surface area contributed by atoms with Gasteiger partial charge in [-0.15, -0.1) is 0 Å². The summed E-state index contributed by atoms with van der Waals surface area (Å²) in [5, 5.41) is 12.2. The molecule has 0 heterocycles. The molecule has 1 aromatic carbocycles. The van der Waals surface area contributed by atoms with Gasteiger partial charge >= 0.3 is 0 Å². The number of rotatable bonds is 8. The van der Waals surface area contributed by atoms with Crippen molar-refractivity contribution in [1.82, 2.24) is 5.32 Å². The number of hydrogen-bond acceptors (Lipinski definition) is 3. The third-order valence-corrected chi connectivity index (χ3v) is 3.11. The van der Waals surface area contributed by atoms with E-state index in [-0.39, 0.29) is 12.6 Å². The van der Waals surface area contributed by atoms with E-state index in [0.717, 1.165) is 25.8 Å². The number of aliphatic hydroxyl groups is 1. The fraction of sp³-hybridized carbons (Fsp3) is 0.600. The van der Waals surface area contributed by atoms with Crippen LogP contribution < -0.4 is 11.1 Å². The van der Waals surface area contributed by atoms with Crippen molar-refractivity contribution in [2.24, 2.45) is 5.73 Å². The van der Waals surface area contributed by atoms with Crippen LogP contribution in [0.1, 0.15) is 42.0 Å². The van der Waals surface area contributed by atoms with E-state index in [0.29, 0.717) is 6.54 Å². The van der Waals surface area contributed by atoms with Gasteiger partial charge in [0.15, 0.2) is 0 Å². The Morgan fingerprint density at radius 3 is 2.33 bits per heavy atom. The third-order valence-electron chi connectivity index (χ3n) is 3.11. The smallest absolute Gasteiger partial charge is 0.0444 e. The van der Waals surface area contributed by atoms with Gasteiger partial charge in [0, 0.05) is 19.2 Å². The van der Waals surface area contributed by atoms with Gasteiger partial charge in [0.05, 0.1) is 0 Å². The molecule has 0 spiro atoms. The fourth-order valence-electron chi connectivity index (χ4n) is 2.24. The van der Waals surface area contributed by atoms with E-state index in [9.17, 15) is 0 Å². The van der Waals surface area contributed by atoms with Crippen molar-refractivity contribution >= 4 is 0 Å². The number of aliphatic hydroxyl groups excluding tert-OH is 1. The maximum absolute atomic E-state index is 8.72. The van der Waals surface area contributed by atoms with E-state index in [1.165, 1.54) is 16.7 Å². The Morgan fingerprint density at radius 2 is 1.78 bits per heavy atom. The molecule has 3 heteroatoms. The average Bonchev–Trinajstić information content (AvgIpc) is 2.32. The van der Waals surface area contributed by atoms with Gasteiger partial charge in [-0.1, -0.05) is 29.3 Å². The quantitative estimate of drug-likeness (QED) is 0.619. The second-order valence-corrected chi connectivity index (χ2v) is 4.95. The molecule has 102 valence electrons. The summed E-state index contributed by atoms with van der Waals surface area (Å²) >= 11 is 0. The van der Waals surface area contributed by atoms with Crippen LogP contribution in [0.25, 0.3) is 0 Å². The summed E-state index contributed by atoms with van der Waals surface area (Å²) in [6.45, 7) is 6.09. The first kappa shape index (κ1) is 15.2. The number of unbranched alkanes of at least 4 members (excludes halogenated alkanes) is 2. The summed E-state index contributed by atoms with van der Waals surface area (Å²) in [6.07, 6.45) is 3.04. The number of nitrogens with one attached hydrogen (secondary N) is 1. The van der Waals surface area contributed by atoms with E-state index in [2.05, 4.69) is 37.4 Å². The van der Waals surface area contributed by atoms with Crippen LogP contribution in [0.5, 0.6) is 0 Å². The molecule has 0 saturated heterocycles. The van der Waals surface area contributed by atoms with Crippen molar-refractivity contribution in [3.05, 3.63) is 34.9 Å². The molecule has 0 aliphatic carbocycles. The van der Waals surface area contributed by atoms with Crippen LogP contribution in [0.15, 0.2) is 18.2 Å². The third kappa shape index (κ3) is 5.17. The van der Waals surface area contributed by atoms with Gasteiger partial charge in [0.25, 0.3) is 0 Å². The molecular formula is C15H26N2O. The lowest BCUT2D eigenvalue weighted by molar-refractivity contribution is 0.282. The number of nitrogens with two attached hydrogens (primary N) is 1. The summed E-state index contributed by atoms with van der Waals surface area (Å²) in [4.78, 5) is 0. The van der Waals surface area contributed by atoms with Gasteiger partial charge in [0.2, 0.25) is 0 Å². The first-order valence-electron chi connectivity index (χ1n) is 6.80. The molecule has 0 bridgehead atoms. The zero-order valence-electron chi connectivity index (χ0n) is 11.6. The first-order valence-corrected chi connectivity index (χ1v) is 6.80. The average molecular weight is 250 g/mol. The topological polar surface area (TPSA) is 58.3 Å². The lowest BCUT2D eigenvalue weighted by Crippen LogP contribution is -2.29. The maximum Gasteiger partial charge on any atom is 0.0444 e. The van der Waals surface area contributed by atoms with Crippen LogP contribution in [-0.2, 0) is 0 Å². The zero-order chi connectivity index (χ0) is 13.4. The molecular weight excluding hydrogens is 224 g/mol. The summed E-state index contributed by atoms with van der Waals surface area (Å²) in [6, 6.07) is 6.81. The molecule has 0 aliphatic heterocycles. The Kier molecular flexibility index (Phi) is 6.94. The molecule has 1 rings (SSSR count). The van der Waals surface area contributed by atoms with Gasteiger partial charge in [-0.05, 0) is 45.2 Å². The molecule has 3 nitrogen and oxygen atoms in total. The molecule has 0 aromatic heterocycles. The standard InChI is InChI=1S/C15H26N2O/c1-12-8-13(2)10-14(9-12)15(11-16)17-6-4-3-5-7-18/h8-10,15,17-18H,3-7,11,16H2,1-2H3. The van der Waals surface area contributed by atoms with Crippen LogP contribution in [0.3, 0.4) is 0 Å². The van der Waals surface area contributed by atoms with E-state index in [1.54, 1.807) is 0 Å². The van der Waals surface area contributed by atoms with E-state index in [4.69, 9.17) is 10.8 Å². The molecule has 1 unspecified atom stereocenters. The summed E-state index contributed by atoms with van der Waals surface area (Å²) in [7, 11) is 0. The summed E-state index contributed by atoms with van der Waals surface area (Å²) in [5.41, 5.74) is 9.68. The molecule has 1 aromatic rings. The summed E-state index contributed by atoms with van der Waals surface area (Å²) < 4.78 is 0. The van der Waals surface area contributed by atoms with Crippen molar-refractivity contribution in [2.45, 2.75) is 39.2 Å². The molecule has 4 N–H and O–H groups in total. The summed E-state index contributed by atoms with van der Waals surface area (Å²) in [5.74, 6) is 0. The highest BCUT2D eigenvalue weighted by atomic mass is 16.2. The predicted octanol–water partition coefficient (Wildman–Crippen LogP) is 2.06. The second-order valence-electron chi connectivity index (χ2n) is 4.95. The van der Waals surface area contributed by atoms with Gasteiger partial charge in [-0.2, -0.15) is 0 Å². The van der Waals surface area contributed by atoms with Crippen LogP contribution in [0.4, 0.5) is 0 Å². The molecule has 0 aliphatic rings. The Hall–Kier alpha value is -0.900. The highest BCUT2D eigenvalue weighted by Gasteiger charge is 2.09. The fourth-order valence-corrected chi connectivity index (χ4v) is 2.24. The zero-order valence-corrected chi connectivity index (χ0v) is 11.6. The number of benzene rings is 1. The van der Waals surface area contributed by atoms with Gasteiger partial charge in [-0.25, -0.2) is 0 Å². The highest BCUT2D eigenvalue weighted by molar-refractivity contribution is 5.30. The first-order chi connectivity index (χ1) is 8.67. The van der Waals surface area contributed by atoms with E-state index >= 15 is 0 Å². The lowest BCUT2D eigenvalue weighted by atomic mass is 10.0. The lowest BCUT2D eigenvalue weighted by Gasteiger charge is -2.18. The normalized spacial score (nSPS) is 12.7. The van der Waals surface area contributed by atoms with Gasteiger partial charge < -0.3 is 16.2 Å². The highest BCUT2D eigenvalue weighted by Crippen LogP contribution is 2.16. The number of hydrogen-bond donors (Lipinski definition) is 3. The predicted molar refractivity (Wildman–Crippen MR) is 76.7 cm³/mol. The SMILES string of the molecule is Cc1cc(C)cc(C(CN)NCCCCCO)c1. The van der Waals surface area contributed by atoms with E-state index in [1.807, 2.05) is 0 Å². The van der Waals surface area contributed by atoms with Crippen LogP contribution in [0.2, 0.25) is 0 Å². The second kappa shape index (κ2) is 8.25. The van der Waals surface area contributed by atoms with Gasteiger partial charge in [0.1, 0.15) is 0 Å². The monoisotopic (exact) mass is 250 g/mol. The minimum Gasteiger partial charge on any atom is -0.396 e. The largest absolute Gasteiger partial charge is 0.396 e.